The first-order chi connectivity index (χ1) is 12.0. The molecule has 0 saturated carbocycles. The van der Waals surface area contributed by atoms with Gasteiger partial charge in [0.1, 0.15) is 12.2 Å². The maximum atomic E-state index is 12.5. The zero-order chi connectivity index (χ0) is 17.6. The fourth-order valence-electron chi connectivity index (χ4n) is 3.68. The van der Waals surface area contributed by atoms with Crippen LogP contribution in [0.4, 0.5) is 0 Å². The van der Waals surface area contributed by atoms with Crippen LogP contribution in [0, 0.1) is 0 Å². The zero-order valence-electron chi connectivity index (χ0n) is 14.5. The Labute approximate surface area is 144 Å². The van der Waals surface area contributed by atoms with Gasteiger partial charge in [-0.3, -0.25) is 19.1 Å². The van der Waals surface area contributed by atoms with Crippen LogP contribution in [0.3, 0.4) is 0 Å². The van der Waals surface area contributed by atoms with Gasteiger partial charge in [0, 0.05) is 25.2 Å². The van der Waals surface area contributed by atoms with E-state index in [1.54, 1.807) is 12.5 Å². The molecule has 0 amide bonds. The summed E-state index contributed by atoms with van der Waals surface area (Å²) in [5.74, 6) is 0.525. The number of rotatable bonds is 3. The molecule has 8 heteroatoms. The third-order valence-corrected chi connectivity index (χ3v) is 5.00. The maximum absolute atomic E-state index is 12.5. The number of hydrogen-bond donors (Lipinski definition) is 0. The van der Waals surface area contributed by atoms with E-state index in [-0.39, 0.29) is 12.6 Å². The van der Waals surface area contributed by atoms with E-state index in [0.717, 1.165) is 31.6 Å². The molecule has 2 aromatic rings. The summed E-state index contributed by atoms with van der Waals surface area (Å²) in [4.78, 5) is 27.1. The second-order valence-electron chi connectivity index (χ2n) is 7.21. The molecule has 2 aromatic heterocycles. The fraction of sp³-hybridized carbons (Fsp3) is 0.588. The van der Waals surface area contributed by atoms with Crippen molar-refractivity contribution in [2.45, 2.75) is 51.6 Å². The lowest BCUT2D eigenvalue weighted by molar-refractivity contribution is -0.0860. The molecule has 134 valence electrons. The van der Waals surface area contributed by atoms with Crippen LogP contribution in [0.15, 0.2) is 32.6 Å². The highest BCUT2D eigenvalue weighted by atomic mass is 16.5. The molecule has 1 spiro atoms. The molecule has 8 nitrogen and oxygen atoms in total. The van der Waals surface area contributed by atoms with E-state index in [0.29, 0.717) is 12.4 Å². The first-order valence-electron chi connectivity index (χ1n) is 8.57. The molecule has 0 aliphatic carbocycles. The second-order valence-corrected chi connectivity index (χ2v) is 7.21. The molecule has 2 aliphatic rings. The van der Waals surface area contributed by atoms with Crippen LogP contribution in [0.25, 0.3) is 0 Å². The third kappa shape index (κ3) is 2.85. The van der Waals surface area contributed by atoms with Crippen molar-refractivity contribution < 1.29 is 9.15 Å². The maximum Gasteiger partial charge on any atom is 0.332 e. The summed E-state index contributed by atoms with van der Waals surface area (Å²) in [6.07, 6.45) is 4.23. The molecular formula is C17H22N4O4. The Balaban J connectivity index is 1.58. The van der Waals surface area contributed by atoms with Crippen LogP contribution in [0.1, 0.15) is 37.7 Å². The minimum absolute atomic E-state index is 0.154. The van der Waals surface area contributed by atoms with E-state index >= 15 is 0 Å². The molecule has 1 saturated heterocycles. The Kier molecular flexibility index (Phi) is 3.88. The molecule has 0 N–H and O–H groups in total. The van der Waals surface area contributed by atoms with Crippen LogP contribution in [-0.2, 0) is 24.4 Å². The minimum atomic E-state index is -0.566. The number of ether oxygens (including phenoxy) is 1. The lowest BCUT2D eigenvalue weighted by Crippen LogP contribution is -2.53. The lowest BCUT2D eigenvalue weighted by atomic mass is 10.0. The normalized spacial score (nSPS) is 23.5. The summed E-state index contributed by atoms with van der Waals surface area (Å²) >= 11 is 0. The summed E-state index contributed by atoms with van der Waals surface area (Å²) < 4.78 is 14.0. The molecule has 2 aliphatic heterocycles. The molecule has 0 aromatic carbocycles. The molecule has 25 heavy (non-hydrogen) atoms. The van der Waals surface area contributed by atoms with Gasteiger partial charge in [0.15, 0.2) is 5.82 Å². The van der Waals surface area contributed by atoms with E-state index < -0.39 is 16.7 Å². The predicted octanol–water partition coefficient (Wildman–Crippen LogP) is 0.754. The lowest BCUT2D eigenvalue weighted by Gasteiger charge is -2.35. The molecule has 4 rings (SSSR count). The van der Waals surface area contributed by atoms with Crippen molar-refractivity contribution in [2.75, 3.05) is 13.1 Å². The highest BCUT2D eigenvalue weighted by molar-refractivity contribution is 5.07. The van der Waals surface area contributed by atoms with Crippen molar-refractivity contribution in [3.05, 3.63) is 50.7 Å². The Morgan fingerprint density at radius 2 is 2.12 bits per heavy atom. The average Bonchev–Trinajstić information content (AvgIpc) is 3.22. The highest BCUT2D eigenvalue weighted by Crippen LogP contribution is 2.31. The molecule has 4 heterocycles. The van der Waals surface area contributed by atoms with Crippen LogP contribution in [-0.4, -0.2) is 37.9 Å². The first kappa shape index (κ1) is 16.3. The number of fused-ring (bicyclic) bond motifs is 1. The molecule has 0 bridgehead atoms. The molecular weight excluding hydrogens is 324 g/mol. The second kappa shape index (κ2) is 5.96. The minimum Gasteiger partial charge on any atom is -0.472 e. The number of furan rings is 1. The van der Waals surface area contributed by atoms with Crippen molar-refractivity contribution >= 4 is 0 Å². The van der Waals surface area contributed by atoms with Crippen LogP contribution < -0.4 is 11.1 Å². The van der Waals surface area contributed by atoms with Gasteiger partial charge < -0.3 is 9.15 Å². The average molecular weight is 346 g/mol. The van der Waals surface area contributed by atoms with Gasteiger partial charge in [0.2, 0.25) is 0 Å². The number of likely N-dealkylation sites (tertiary alicyclic amines) is 1. The standard InChI is InChI=1S/C17H22N4O4/c1-12(2)21-16(23)15(22)20-11-17(25-9-14(20)18-21)4-5-19(10-17)7-13-3-6-24-8-13/h3,6,8,12H,4-5,7,9-11H2,1-2H3/t17-/m1/s1. The summed E-state index contributed by atoms with van der Waals surface area (Å²) in [5, 5.41) is 4.32. The smallest absolute Gasteiger partial charge is 0.332 e. The Morgan fingerprint density at radius 1 is 1.28 bits per heavy atom. The Hall–Kier alpha value is -2.19. The predicted molar refractivity (Wildman–Crippen MR) is 89.3 cm³/mol. The first-order valence-corrected chi connectivity index (χ1v) is 8.57. The molecule has 1 fully saturated rings. The van der Waals surface area contributed by atoms with E-state index in [1.165, 1.54) is 9.25 Å². The zero-order valence-corrected chi connectivity index (χ0v) is 14.5. The van der Waals surface area contributed by atoms with E-state index in [4.69, 9.17) is 9.15 Å². The van der Waals surface area contributed by atoms with E-state index in [9.17, 15) is 9.59 Å². The monoisotopic (exact) mass is 346 g/mol. The summed E-state index contributed by atoms with van der Waals surface area (Å²) in [7, 11) is 0. The van der Waals surface area contributed by atoms with Gasteiger partial charge in [-0.2, -0.15) is 5.10 Å². The van der Waals surface area contributed by atoms with Crippen molar-refractivity contribution in [1.29, 1.82) is 0 Å². The van der Waals surface area contributed by atoms with Crippen LogP contribution in [0.5, 0.6) is 0 Å². The summed E-state index contributed by atoms with van der Waals surface area (Å²) in [5.41, 5.74) is -0.385. The topological polar surface area (TPSA) is 82.5 Å². The number of nitrogens with zero attached hydrogens (tertiary/aromatic N) is 4. The number of aromatic nitrogens is 3. The SMILES string of the molecule is CC(C)n1nc2n(c(=O)c1=O)C[C@]1(CCN(Cc3ccoc3)C1)OC2. The van der Waals surface area contributed by atoms with Gasteiger partial charge in [-0.15, -0.1) is 0 Å². The van der Waals surface area contributed by atoms with Gasteiger partial charge >= 0.3 is 11.1 Å². The van der Waals surface area contributed by atoms with Crippen LogP contribution in [0.2, 0.25) is 0 Å². The quantitative estimate of drug-likeness (QED) is 0.763. The van der Waals surface area contributed by atoms with E-state index in [1.807, 2.05) is 19.9 Å². The largest absolute Gasteiger partial charge is 0.472 e. The van der Waals surface area contributed by atoms with Crippen molar-refractivity contribution in [1.82, 2.24) is 19.2 Å². The van der Waals surface area contributed by atoms with Gasteiger partial charge in [-0.25, -0.2) is 4.68 Å². The van der Waals surface area contributed by atoms with Crippen molar-refractivity contribution in [2.24, 2.45) is 0 Å². The van der Waals surface area contributed by atoms with Gasteiger partial charge in [0.25, 0.3) is 0 Å². The number of hydrogen-bond acceptors (Lipinski definition) is 6. The Morgan fingerprint density at radius 3 is 2.84 bits per heavy atom. The van der Waals surface area contributed by atoms with Crippen molar-refractivity contribution in [3.8, 4) is 0 Å². The van der Waals surface area contributed by atoms with E-state index in [2.05, 4.69) is 10.00 Å². The van der Waals surface area contributed by atoms with Gasteiger partial charge in [-0.05, 0) is 26.3 Å². The van der Waals surface area contributed by atoms with Gasteiger partial charge in [0.05, 0.1) is 25.1 Å². The summed E-state index contributed by atoms with van der Waals surface area (Å²) in [6, 6.07) is 1.80. The highest BCUT2D eigenvalue weighted by Gasteiger charge is 2.43. The third-order valence-electron chi connectivity index (χ3n) is 5.00. The molecule has 0 unspecified atom stereocenters. The Bertz CT molecular complexity index is 883. The van der Waals surface area contributed by atoms with Crippen LogP contribution >= 0.6 is 0 Å². The summed E-state index contributed by atoms with van der Waals surface area (Å²) in [6.45, 7) is 6.69. The van der Waals surface area contributed by atoms with Crippen molar-refractivity contribution in [3.63, 3.8) is 0 Å². The molecule has 1 atom stereocenters. The fourth-order valence-corrected chi connectivity index (χ4v) is 3.68. The molecule has 0 radical (unpaired) electrons. The van der Waals surface area contributed by atoms with Gasteiger partial charge in [-0.1, -0.05) is 0 Å².